The molecule has 2 saturated carbocycles. The van der Waals surface area contributed by atoms with Gasteiger partial charge >= 0.3 is 6.01 Å². The van der Waals surface area contributed by atoms with Crippen molar-refractivity contribution in [3.63, 3.8) is 0 Å². The van der Waals surface area contributed by atoms with Gasteiger partial charge in [0.05, 0.1) is 17.7 Å². The summed E-state index contributed by atoms with van der Waals surface area (Å²) in [6.45, 7) is 3.87. The molecule has 2 unspecified atom stereocenters. The number of benzene rings is 3. The molecule has 4 aromatic rings. The second-order valence-electron chi connectivity index (χ2n) is 14.9. The van der Waals surface area contributed by atoms with Crippen molar-refractivity contribution in [1.82, 2.24) is 20.2 Å². The van der Waals surface area contributed by atoms with Crippen molar-refractivity contribution in [2.45, 2.75) is 69.5 Å². The Labute approximate surface area is 277 Å². The molecule has 4 bridgehead atoms. The first kappa shape index (κ1) is 30.0. The molecule has 10 rings (SSSR count). The first-order chi connectivity index (χ1) is 23.3. The van der Waals surface area contributed by atoms with Gasteiger partial charge in [0.2, 0.25) is 0 Å². The van der Waals surface area contributed by atoms with Crippen LogP contribution in [0.25, 0.3) is 32.8 Å². The average Bonchev–Trinajstić information content (AvgIpc) is 3.77. The smallest absolute Gasteiger partial charge is 0.319 e. The molecule has 4 aliphatic heterocycles. The number of fused-ring (bicyclic) bond motifs is 7. The normalized spacial score (nSPS) is 25.9. The van der Waals surface area contributed by atoms with Crippen LogP contribution in [0.5, 0.6) is 11.8 Å². The number of anilines is 1. The molecule has 48 heavy (non-hydrogen) atoms. The zero-order chi connectivity index (χ0) is 32.7. The second kappa shape index (κ2) is 11.2. The van der Waals surface area contributed by atoms with E-state index in [2.05, 4.69) is 26.0 Å². The third-order valence-corrected chi connectivity index (χ3v) is 11.7. The minimum absolute atomic E-state index is 0.0206. The fraction of sp³-hybridized carbons (Fsp3) is 0.474. The Morgan fingerprint density at radius 1 is 0.958 bits per heavy atom. The molecule has 7 nitrogen and oxygen atoms in total. The zero-order valence-corrected chi connectivity index (χ0v) is 26.7. The number of nitrogens with one attached hydrogen (secondary N) is 1. The Morgan fingerprint density at radius 2 is 1.73 bits per heavy atom. The van der Waals surface area contributed by atoms with Crippen LogP contribution < -0.4 is 15.0 Å². The van der Waals surface area contributed by atoms with E-state index in [1.165, 1.54) is 56.0 Å². The zero-order valence-electron chi connectivity index (χ0n) is 26.7. The Bertz CT molecular complexity index is 1990. The van der Waals surface area contributed by atoms with Crippen molar-refractivity contribution in [3.8, 4) is 35.2 Å². The van der Waals surface area contributed by atoms with E-state index in [9.17, 15) is 9.50 Å². The molecule has 2 N–H and O–H groups in total. The first-order valence-corrected chi connectivity index (χ1v) is 17.3. The van der Waals surface area contributed by atoms with E-state index in [1.807, 2.05) is 0 Å². The van der Waals surface area contributed by atoms with Gasteiger partial charge in [-0.05, 0) is 86.9 Å². The molecule has 10 heteroatoms. The Morgan fingerprint density at radius 3 is 2.42 bits per heavy atom. The lowest BCUT2D eigenvalue weighted by Gasteiger charge is -2.46. The summed E-state index contributed by atoms with van der Waals surface area (Å²) in [6, 6.07) is 7.70. The van der Waals surface area contributed by atoms with Gasteiger partial charge in [-0.3, -0.25) is 4.90 Å². The maximum Gasteiger partial charge on any atom is 0.319 e. The number of phenols is 1. The van der Waals surface area contributed by atoms with Crippen LogP contribution in [-0.4, -0.2) is 70.9 Å². The van der Waals surface area contributed by atoms with Crippen molar-refractivity contribution < 1.29 is 23.0 Å². The van der Waals surface area contributed by atoms with E-state index < -0.39 is 23.0 Å². The Kier molecular flexibility index (Phi) is 7.03. The van der Waals surface area contributed by atoms with Gasteiger partial charge in [0, 0.05) is 66.1 Å². The van der Waals surface area contributed by atoms with Crippen molar-refractivity contribution in [1.29, 1.82) is 0 Å². The third-order valence-electron chi connectivity index (χ3n) is 11.7. The predicted molar refractivity (Wildman–Crippen MR) is 179 cm³/mol. The summed E-state index contributed by atoms with van der Waals surface area (Å²) in [6.07, 6.45) is 15.1. The van der Waals surface area contributed by atoms with Crippen molar-refractivity contribution in [2.75, 3.05) is 37.7 Å². The van der Waals surface area contributed by atoms with Gasteiger partial charge in [0.15, 0.2) is 5.82 Å². The van der Waals surface area contributed by atoms with Crippen LogP contribution in [0.1, 0.15) is 56.9 Å². The molecule has 1 aromatic heterocycles. The van der Waals surface area contributed by atoms with Crippen LogP contribution in [-0.2, 0) is 0 Å². The number of halogens is 3. The highest BCUT2D eigenvalue weighted by molar-refractivity contribution is 6.04. The summed E-state index contributed by atoms with van der Waals surface area (Å²) >= 11 is 0. The maximum absolute atomic E-state index is 16.9. The monoisotopic (exact) mass is 653 g/mol. The molecule has 0 spiro atoms. The number of hydrogen-bond acceptors (Lipinski definition) is 7. The maximum atomic E-state index is 16.9. The fourth-order valence-electron chi connectivity index (χ4n) is 8.99. The lowest BCUT2D eigenvalue weighted by atomic mass is 9.79. The molecular formula is C38H38F3N5O2. The third kappa shape index (κ3) is 5.05. The van der Waals surface area contributed by atoms with Crippen LogP contribution in [0.15, 0.2) is 30.3 Å². The highest BCUT2D eigenvalue weighted by Crippen LogP contribution is 2.49. The number of aromatic nitrogens is 2. The van der Waals surface area contributed by atoms with Gasteiger partial charge in [-0.2, -0.15) is 9.97 Å². The molecule has 248 valence electrons. The molecule has 5 heterocycles. The van der Waals surface area contributed by atoms with Gasteiger partial charge < -0.3 is 20.1 Å². The largest absolute Gasteiger partial charge is 0.508 e. The number of terminal acetylenes is 1. The van der Waals surface area contributed by atoms with Crippen LogP contribution in [0.2, 0.25) is 0 Å². The molecule has 0 amide bonds. The molecule has 2 atom stereocenters. The van der Waals surface area contributed by atoms with Crippen molar-refractivity contribution in [3.05, 3.63) is 53.3 Å². The number of ether oxygens (including phenoxy) is 1. The molecule has 3 aromatic carbocycles. The lowest BCUT2D eigenvalue weighted by molar-refractivity contribution is 0.0238. The second-order valence-corrected chi connectivity index (χ2v) is 14.9. The van der Waals surface area contributed by atoms with Crippen LogP contribution >= 0.6 is 0 Å². The number of piperidine rings is 2. The number of piperazine rings is 1. The highest BCUT2D eigenvalue weighted by Gasteiger charge is 2.48. The van der Waals surface area contributed by atoms with Crippen molar-refractivity contribution >= 4 is 27.5 Å². The van der Waals surface area contributed by atoms with Gasteiger partial charge in [-0.25, -0.2) is 13.2 Å². The summed E-state index contributed by atoms with van der Waals surface area (Å²) in [5.74, 6) is 0.806. The predicted octanol–water partition coefficient (Wildman–Crippen LogP) is 6.53. The Balaban J connectivity index is 1.14. The van der Waals surface area contributed by atoms with E-state index in [0.29, 0.717) is 36.9 Å². The van der Waals surface area contributed by atoms with Gasteiger partial charge in [0.1, 0.15) is 28.7 Å². The van der Waals surface area contributed by atoms with E-state index in [-0.39, 0.29) is 56.7 Å². The minimum atomic E-state index is -0.943. The number of aromatic hydroxyl groups is 1. The standard InChI is InChI=1S/C38H38F3N5O2/c1-2-27-30(39)10-5-22-13-26(47)14-28(32(22)27)33-31(40)15-29-35(34(33)41)43-37(44-36(29)45-17-23-6-7-24(18-45)42-23)48-20-38(11-12-38)19-46-16-21-3-8-25(46)9-4-21/h1,5,10,13-15,21,23-25,42,47H,3-4,6-9,11-12,16-20H2/t21-,23?,24?,25+. The lowest BCUT2D eigenvalue weighted by Crippen LogP contribution is -2.51. The van der Waals surface area contributed by atoms with Crippen LogP contribution in [0, 0.1) is 41.1 Å². The van der Waals surface area contributed by atoms with E-state index in [4.69, 9.17) is 16.1 Å². The van der Waals surface area contributed by atoms with E-state index >= 15 is 8.78 Å². The quantitative estimate of drug-likeness (QED) is 0.220. The topological polar surface area (TPSA) is 73.8 Å². The van der Waals surface area contributed by atoms with Crippen LogP contribution in [0.3, 0.4) is 0 Å². The molecular weight excluding hydrogens is 615 g/mol. The average molecular weight is 654 g/mol. The summed E-state index contributed by atoms with van der Waals surface area (Å²) in [5.41, 5.74) is -0.704. The number of phenolic OH excluding ortho intramolecular Hbond substituents is 1. The summed E-state index contributed by atoms with van der Waals surface area (Å²) in [5, 5.41) is 14.9. The molecule has 6 fully saturated rings. The van der Waals surface area contributed by atoms with Crippen molar-refractivity contribution in [2.24, 2.45) is 11.3 Å². The number of nitrogens with zero attached hydrogens (tertiary/aromatic N) is 4. The summed E-state index contributed by atoms with van der Waals surface area (Å²) in [4.78, 5) is 14.1. The summed E-state index contributed by atoms with van der Waals surface area (Å²) < 4.78 is 54.5. The summed E-state index contributed by atoms with van der Waals surface area (Å²) in [7, 11) is 0. The SMILES string of the molecule is C#Cc1c(F)ccc2cc(O)cc(-c3c(F)cc4c(N5CC6CCC(C5)N6)nc(OCC5(CN6C[C@H]7CC[C@@H]6CC7)CC5)nc4c3F)c12. The Hall–Kier alpha value is -4.07. The van der Waals surface area contributed by atoms with Gasteiger partial charge in [-0.1, -0.05) is 12.0 Å². The first-order valence-electron chi connectivity index (χ1n) is 17.3. The highest BCUT2D eigenvalue weighted by atomic mass is 19.1. The van der Waals surface area contributed by atoms with E-state index in [1.54, 1.807) is 0 Å². The van der Waals surface area contributed by atoms with E-state index in [0.717, 1.165) is 44.7 Å². The van der Waals surface area contributed by atoms with Gasteiger partial charge in [0.25, 0.3) is 0 Å². The molecule has 0 radical (unpaired) electrons. The molecule has 4 saturated heterocycles. The van der Waals surface area contributed by atoms with Gasteiger partial charge in [-0.15, -0.1) is 6.42 Å². The number of rotatable bonds is 7. The minimum Gasteiger partial charge on any atom is -0.508 e. The fourth-order valence-corrected chi connectivity index (χ4v) is 8.99. The van der Waals surface area contributed by atoms with Crippen LogP contribution in [0.4, 0.5) is 19.0 Å². The number of hydrogen-bond donors (Lipinski definition) is 2. The molecule has 6 aliphatic rings. The molecule has 2 aliphatic carbocycles.